The minimum atomic E-state index is -0.702. The highest BCUT2D eigenvalue weighted by molar-refractivity contribution is 5.97. The highest BCUT2D eigenvalue weighted by atomic mass is 35.5. The molecule has 1 heterocycles. The summed E-state index contributed by atoms with van der Waals surface area (Å²) >= 11 is 0. The van der Waals surface area contributed by atoms with Crippen LogP contribution in [0.2, 0.25) is 0 Å². The van der Waals surface area contributed by atoms with Crippen molar-refractivity contribution in [3.8, 4) is 5.75 Å². The van der Waals surface area contributed by atoms with E-state index in [1.165, 1.54) is 0 Å². The van der Waals surface area contributed by atoms with Gasteiger partial charge in [-0.3, -0.25) is 9.59 Å². The molecule has 134 valence electrons. The number of nitrogens with two attached hydrogens (primary N) is 1. The van der Waals surface area contributed by atoms with Gasteiger partial charge < -0.3 is 20.7 Å². The van der Waals surface area contributed by atoms with Gasteiger partial charge in [-0.15, -0.1) is 12.4 Å². The second-order valence-corrected chi connectivity index (χ2v) is 5.64. The molecule has 0 aliphatic carbocycles. The molecule has 1 unspecified atom stereocenters. The Hall–Kier alpha value is -1.79. The molecule has 0 spiro atoms. The van der Waals surface area contributed by atoms with Gasteiger partial charge in [0.1, 0.15) is 5.75 Å². The summed E-state index contributed by atoms with van der Waals surface area (Å²) in [6, 6.07) is 7.38. The number of ether oxygens (including phenoxy) is 1. The van der Waals surface area contributed by atoms with Crippen LogP contribution in [0.3, 0.4) is 0 Å². The smallest absolute Gasteiger partial charge is 0.263 e. The Labute approximate surface area is 149 Å². The summed E-state index contributed by atoms with van der Waals surface area (Å²) < 4.78 is 5.80. The molecule has 1 aromatic rings. The minimum Gasteiger partial charge on any atom is -0.477 e. The Morgan fingerprint density at radius 2 is 2.00 bits per heavy atom. The number of nitrogens with one attached hydrogen (secondary N) is 1. The first-order valence-electron chi connectivity index (χ1n) is 8.17. The number of anilines is 1. The normalized spacial score (nSPS) is 16.0. The Balaban J connectivity index is 0.00000288. The standard InChI is InChI=1S/C17H25N3O3.ClH/c1-3-12(4-2)19-17(22)15-11-20(16(21)9-10-18)13-7-5-6-8-14(13)23-15;/h5-8,12,15H,3-4,9-11,18H2,1-2H3,(H,19,22);1H. The zero-order chi connectivity index (χ0) is 16.8. The molecule has 2 rings (SSSR count). The van der Waals surface area contributed by atoms with E-state index in [0.717, 1.165) is 12.8 Å². The zero-order valence-corrected chi connectivity index (χ0v) is 15.0. The molecule has 6 nitrogen and oxygen atoms in total. The summed E-state index contributed by atoms with van der Waals surface area (Å²) in [4.78, 5) is 26.4. The van der Waals surface area contributed by atoms with Crippen LogP contribution in [-0.2, 0) is 9.59 Å². The molecule has 2 amide bonds. The summed E-state index contributed by atoms with van der Waals surface area (Å²) in [5.74, 6) is 0.274. The van der Waals surface area contributed by atoms with Crippen LogP contribution in [0.4, 0.5) is 5.69 Å². The van der Waals surface area contributed by atoms with Crippen molar-refractivity contribution in [3.63, 3.8) is 0 Å². The van der Waals surface area contributed by atoms with Gasteiger partial charge in [-0.05, 0) is 25.0 Å². The van der Waals surface area contributed by atoms with Gasteiger partial charge in [-0.1, -0.05) is 26.0 Å². The third kappa shape index (κ3) is 4.61. The number of carbonyl (C=O) groups excluding carboxylic acids is 2. The van der Waals surface area contributed by atoms with Gasteiger partial charge in [0.15, 0.2) is 6.10 Å². The topological polar surface area (TPSA) is 84.7 Å². The predicted molar refractivity (Wildman–Crippen MR) is 96.6 cm³/mol. The molecular weight excluding hydrogens is 330 g/mol. The number of hydrogen-bond acceptors (Lipinski definition) is 4. The number of rotatable bonds is 6. The highest BCUT2D eigenvalue weighted by Gasteiger charge is 2.33. The summed E-state index contributed by atoms with van der Waals surface area (Å²) in [6.45, 7) is 4.55. The first-order chi connectivity index (χ1) is 11.1. The number of fused-ring (bicyclic) bond motifs is 1. The lowest BCUT2D eigenvalue weighted by atomic mass is 10.1. The van der Waals surface area contributed by atoms with Gasteiger partial charge in [0.25, 0.3) is 5.91 Å². The summed E-state index contributed by atoms with van der Waals surface area (Å²) in [5, 5.41) is 2.98. The van der Waals surface area contributed by atoms with Crippen molar-refractivity contribution in [1.29, 1.82) is 0 Å². The van der Waals surface area contributed by atoms with Crippen molar-refractivity contribution >= 4 is 29.9 Å². The molecular formula is C17H26ClN3O3. The fourth-order valence-electron chi connectivity index (χ4n) is 2.65. The van der Waals surface area contributed by atoms with Crippen molar-refractivity contribution in [2.75, 3.05) is 18.0 Å². The molecule has 1 atom stereocenters. The molecule has 7 heteroatoms. The molecule has 1 aliphatic rings. The van der Waals surface area contributed by atoms with E-state index < -0.39 is 6.10 Å². The fourth-order valence-corrected chi connectivity index (χ4v) is 2.65. The Morgan fingerprint density at radius 1 is 1.33 bits per heavy atom. The van der Waals surface area contributed by atoms with Gasteiger partial charge >= 0.3 is 0 Å². The second kappa shape index (κ2) is 9.49. The zero-order valence-electron chi connectivity index (χ0n) is 14.2. The largest absolute Gasteiger partial charge is 0.477 e. The number of nitrogens with zero attached hydrogens (tertiary/aromatic N) is 1. The van der Waals surface area contributed by atoms with Crippen molar-refractivity contribution in [1.82, 2.24) is 5.32 Å². The lowest BCUT2D eigenvalue weighted by Gasteiger charge is -2.34. The summed E-state index contributed by atoms with van der Waals surface area (Å²) in [7, 11) is 0. The third-order valence-electron chi connectivity index (χ3n) is 4.06. The quantitative estimate of drug-likeness (QED) is 0.815. The lowest BCUT2D eigenvalue weighted by Crippen LogP contribution is -2.52. The lowest BCUT2D eigenvalue weighted by molar-refractivity contribution is -0.129. The molecule has 0 saturated heterocycles. The van der Waals surface area contributed by atoms with Crippen molar-refractivity contribution in [2.45, 2.75) is 45.3 Å². The summed E-state index contributed by atoms with van der Waals surface area (Å²) in [5.41, 5.74) is 6.19. The SMILES string of the molecule is CCC(CC)NC(=O)C1CN(C(=O)CCN)c2ccccc2O1.Cl. The van der Waals surface area contributed by atoms with Crippen LogP contribution in [0.5, 0.6) is 5.75 Å². The number of benzene rings is 1. The predicted octanol–water partition coefficient (Wildman–Crippen LogP) is 1.86. The maximum Gasteiger partial charge on any atom is 0.263 e. The molecule has 0 radical (unpaired) electrons. The van der Waals surface area contributed by atoms with Crippen molar-refractivity contribution < 1.29 is 14.3 Å². The van der Waals surface area contributed by atoms with Crippen LogP contribution in [0.1, 0.15) is 33.1 Å². The van der Waals surface area contributed by atoms with Crippen LogP contribution in [0.25, 0.3) is 0 Å². The number of amides is 2. The van der Waals surface area contributed by atoms with E-state index in [1.807, 2.05) is 32.0 Å². The van der Waals surface area contributed by atoms with Crippen molar-refractivity contribution in [2.24, 2.45) is 5.73 Å². The van der Waals surface area contributed by atoms with Crippen LogP contribution < -0.4 is 20.7 Å². The van der Waals surface area contributed by atoms with E-state index in [4.69, 9.17) is 10.5 Å². The van der Waals surface area contributed by atoms with Gasteiger partial charge in [0.05, 0.1) is 12.2 Å². The maximum absolute atomic E-state index is 12.5. The number of carbonyl (C=O) groups is 2. The molecule has 0 bridgehead atoms. The maximum atomic E-state index is 12.5. The van der Waals surface area contributed by atoms with Gasteiger partial charge in [0.2, 0.25) is 5.91 Å². The molecule has 1 aliphatic heterocycles. The summed E-state index contributed by atoms with van der Waals surface area (Å²) in [6.07, 6.45) is 1.27. The van der Waals surface area contributed by atoms with E-state index in [1.54, 1.807) is 11.0 Å². The Bertz CT molecular complexity index is 564. The molecule has 0 fully saturated rings. The number of halogens is 1. The molecule has 0 saturated carbocycles. The Morgan fingerprint density at radius 3 is 2.62 bits per heavy atom. The average molecular weight is 356 g/mol. The fraction of sp³-hybridized carbons (Fsp3) is 0.529. The molecule has 24 heavy (non-hydrogen) atoms. The number of para-hydroxylation sites is 2. The second-order valence-electron chi connectivity index (χ2n) is 5.64. The van der Waals surface area contributed by atoms with Crippen LogP contribution >= 0.6 is 12.4 Å². The van der Waals surface area contributed by atoms with Crippen LogP contribution in [0, 0.1) is 0 Å². The van der Waals surface area contributed by atoms with Crippen LogP contribution in [-0.4, -0.2) is 37.0 Å². The minimum absolute atomic E-state index is 0. The number of hydrogen-bond donors (Lipinski definition) is 2. The Kier molecular flexibility index (Phi) is 8.01. The third-order valence-corrected chi connectivity index (χ3v) is 4.06. The first-order valence-corrected chi connectivity index (χ1v) is 8.17. The molecule has 1 aromatic carbocycles. The van der Waals surface area contributed by atoms with Crippen LogP contribution in [0.15, 0.2) is 24.3 Å². The first kappa shape index (κ1) is 20.3. The van der Waals surface area contributed by atoms with Gasteiger partial charge in [0, 0.05) is 19.0 Å². The van der Waals surface area contributed by atoms with Crippen molar-refractivity contribution in [3.05, 3.63) is 24.3 Å². The van der Waals surface area contributed by atoms with E-state index in [-0.39, 0.29) is 49.8 Å². The van der Waals surface area contributed by atoms with Gasteiger partial charge in [-0.25, -0.2) is 0 Å². The van der Waals surface area contributed by atoms with E-state index in [2.05, 4.69) is 5.32 Å². The van der Waals surface area contributed by atoms with Gasteiger partial charge in [-0.2, -0.15) is 0 Å². The molecule has 0 aromatic heterocycles. The van der Waals surface area contributed by atoms with E-state index in [0.29, 0.717) is 11.4 Å². The monoisotopic (exact) mass is 355 g/mol. The highest BCUT2D eigenvalue weighted by Crippen LogP contribution is 2.33. The van der Waals surface area contributed by atoms with E-state index >= 15 is 0 Å². The van der Waals surface area contributed by atoms with E-state index in [9.17, 15) is 9.59 Å². The average Bonchev–Trinajstić information content (AvgIpc) is 2.58. The molecule has 3 N–H and O–H groups in total.